The maximum Gasteiger partial charge on any atom is 0.0537 e. The fourth-order valence-electron chi connectivity index (χ4n) is 1.89. The van der Waals surface area contributed by atoms with E-state index in [9.17, 15) is 0 Å². The minimum absolute atomic E-state index is 0.549. The van der Waals surface area contributed by atoms with Crippen LogP contribution in [0, 0.1) is 0 Å². The number of hydrogen-bond donors (Lipinski definition) is 1. The first-order chi connectivity index (χ1) is 7.20. The highest BCUT2D eigenvalue weighted by Crippen LogP contribution is 2.19. The summed E-state index contributed by atoms with van der Waals surface area (Å²) in [5.41, 5.74) is 2.73. The van der Waals surface area contributed by atoms with E-state index in [-0.39, 0.29) is 0 Å². The average Bonchev–Trinajstić information content (AvgIpc) is 2.58. The Morgan fingerprint density at radius 3 is 2.67 bits per heavy atom. The third-order valence-electron chi connectivity index (χ3n) is 2.51. The standard InChI is InChI=1S/C12H23N3/c1-5-7-15-12(10(3)4)11(9-14-15)8-13-6-2/h9-10,13H,5-8H2,1-4H3. The van der Waals surface area contributed by atoms with Crippen molar-refractivity contribution < 1.29 is 0 Å². The van der Waals surface area contributed by atoms with Crippen molar-refractivity contribution >= 4 is 0 Å². The van der Waals surface area contributed by atoms with Gasteiger partial charge >= 0.3 is 0 Å². The highest BCUT2D eigenvalue weighted by Gasteiger charge is 2.12. The molecule has 0 saturated heterocycles. The number of nitrogens with one attached hydrogen (secondary N) is 1. The van der Waals surface area contributed by atoms with Gasteiger partial charge < -0.3 is 5.32 Å². The quantitative estimate of drug-likeness (QED) is 0.780. The molecule has 1 aromatic heterocycles. The Kier molecular flexibility index (Phi) is 4.82. The van der Waals surface area contributed by atoms with Crippen LogP contribution in [-0.4, -0.2) is 16.3 Å². The van der Waals surface area contributed by atoms with E-state index in [4.69, 9.17) is 0 Å². The molecule has 0 saturated carbocycles. The Morgan fingerprint density at radius 1 is 1.40 bits per heavy atom. The van der Waals surface area contributed by atoms with E-state index in [1.54, 1.807) is 0 Å². The lowest BCUT2D eigenvalue weighted by atomic mass is 10.1. The molecule has 86 valence electrons. The van der Waals surface area contributed by atoms with Crippen LogP contribution in [0.3, 0.4) is 0 Å². The van der Waals surface area contributed by atoms with Gasteiger partial charge in [0.15, 0.2) is 0 Å². The van der Waals surface area contributed by atoms with Crippen LogP contribution < -0.4 is 5.32 Å². The Bertz CT molecular complexity index is 289. The highest BCUT2D eigenvalue weighted by atomic mass is 15.3. The van der Waals surface area contributed by atoms with Crippen LogP contribution in [0.4, 0.5) is 0 Å². The molecule has 3 heteroatoms. The molecule has 0 atom stereocenters. The van der Waals surface area contributed by atoms with Crippen LogP contribution in [0.25, 0.3) is 0 Å². The molecule has 0 bridgehead atoms. The molecular weight excluding hydrogens is 186 g/mol. The maximum absolute atomic E-state index is 4.46. The zero-order valence-corrected chi connectivity index (χ0v) is 10.4. The summed E-state index contributed by atoms with van der Waals surface area (Å²) in [6.45, 7) is 11.8. The molecule has 0 fully saturated rings. The van der Waals surface area contributed by atoms with E-state index in [0.717, 1.165) is 26.1 Å². The molecule has 0 aliphatic carbocycles. The summed E-state index contributed by atoms with van der Waals surface area (Å²) in [4.78, 5) is 0. The van der Waals surface area contributed by atoms with Crippen LogP contribution >= 0.6 is 0 Å². The minimum atomic E-state index is 0.549. The van der Waals surface area contributed by atoms with E-state index in [1.807, 2.05) is 6.20 Å². The summed E-state index contributed by atoms with van der Waals surface area (Å²) >= 11 is 0. The lowest BCUT2D eigenvalue weighted by molar-refractivity contribution is 0.553. The second-order valence-electron chi connectivity index (χ2n) is 4.21. The SMILES string of the molecule is CCCn1ncc(CNCC)c1C(C)C. The summed E-state index contributed by atoms with van der Waals surface area (Å²) in [7, 11) is 0. The predicted octanol–water partition coefficient (Wildman–Crippen LogP) is 2.53. The average molecular weight is 209 g/mol. The lowest BCUT2D eigenvalue weighted by Crippen LogP contribution is -2.14. The summed E-state index contributed by atoms with van der Waals surface area (Å²) in [6, 6.07) is 0. The number of aryl methyl sites for hydroxylation is 1. The summed E-state index contributed by atoms with van der Waals surface area (Å²) in [5, 5.41) is 7.82. The first kappa shape index (κ1) is 12.2. The fraction of sp³-hybridized carbons (Fsp3) is 0.750. The topological polar surface area (TPSA) is 29.9 Å². The van der Waals surface area contributed by atoms with Gasteiger partial charge in [-0.15, -0.1) is 0 Å². The molecule has 0 radical (unpaired) electrons. The molecule has 3 nitrogen and oxygen atoms in total. The third kappa shape index (κ3) is 3.06. The number of hydrogen-bond acceptors (Lipinski definition) is 2. The van der Waals surface area contributed by atoms with E-state index in [1.165, 1.54) is 11.3 Å². The van der Waals surface area contributed by atoms with Crippen molar-refractivity contribution in [3.8, 4) is 0 Å². The summed E-state index contributed by atoms with van der Waals surface area (Å²) in [5.74, 6) is 0.549. The van der Waals surface area contributed by atoms with Gasteiger partial charge in [-0.1, -0.05) is 27.7 Å². The molecule has 0 amide bonds. The van der Waals surface area contributed by atoms with Gasteiger partial charge in [-0.25, -0.2) is 0 Å². The van der Waals surface area contributed by atoms with Gasteiger partial charge in [0.1, 0.15) is 0 Å². The third-order valence-corrected chi connectivity index (χ3v) is 2.51. The molecule has 1 aromatic rings. The first-order valence-electron chi connectivity index (χ1n) is 5.95. The van der Waals surface area contributed by atoms with Crippen molar-refractivity contribution in [2.24, 2.45) is 0 Å². The number of nitrogens with zero attached hydrogens (tertiary/aromatic N) is 2. The predicted molar refractivity (Wildman–Crippen MR) is 64.0 cm³/mol. The van der Waals surface area contributed by atoms with Gasteiger partial charge in [-0.05, 0) is 18.9 Å². The van der Waals surface area contributed by atoms with Crippen molar-refractivity contribution in [3.05, 3.63) is 17.5 Å². The van der Waals surface area contributed by atoms with Gasteiger partial charge in [0, 0.05) is 24.3 Å². The van der Waals surface area contributed by atoms with Crippen LogP contribution in [0.15, 0.2) is 6.20 Å². The van der Waals surface area contributed by atoms with E-state index >= 15 is 0 Å². The Morgan fingerprint density at radius 2 is 2.13 bits per heavy atom. The Labute approximate surface area is 92.9 Å². The maximum atomic E-state index is 4.46. The minimum Gasteiger partial charge on any atom is -0.313 e. The van der Waals surface area contributed by atoms with E-state index in [2.05, 4.69) is 42.8 Å². The Hall–Kier alpha value is -0.830. The van der Waals surface area contributed by atoms with Crippen LogP contribution in [-0.2, 0) is 13.1 Å². The molecule has 15 heavy (non-hydrogen) atoms. The monoisotopic (exact) mass is 209 g/mol. The van der Waals surface area contributed by atoms with Gasteiger partial charge in [0.25, 0.3) is 0 Å². The molecule has 0 aliphatic rings. The van der Waals surface area contributed by atoms with Crippen LogP contribution in [0.2, 0.25) is 0 Å². The molecule has 0 aliphatic heterocycles. The molecule has 0 aromatic carbocycles. The number of rotatable bonds is 6. The number of aromatic nitrogens is 2. The molecule has 1 N–H and O–H groups in total. The van der Waals surface area contributed by atoms with E-state index < -0.39 is 0 Å². The van der Waals surface area contributed by atoms with Crippen molar-refractivity contribution in [1.82, 2.24) is 15.1 Å². The first-order valence-corrected chi connectivity index (χ1v) is 5.95. The zero-order chi connectivity index (χ0) is 11.3. The van der Waals surface area contributed by atoms with Crippen molar-refractivity contribution in [2.75, 3.05) is 6.54 Å². The molecular formula is C12H23N3. The molecule has 0 unspecified atom stereocenters. The smallest absolute Gasteiger partial charge is 0.0537 e. The summed E-state index contributed by atoms with van der Waals surface area (Å²) < 4.78 is 2.15. The normalized spacial score (nSPS) is 11.3. The van der Waals surface area contributed by atoms with Crippen molar-refractivity contribution in [2.45, 2.75) is 53.1 Å². The largest absolute Gasteiger partial charge is 0.313 e. The molecule has 1 heterocycles. The second kappa shape index (κ2) is 5.91. The van der Waals surface area contributed by atoms with Crippen LogP contribution in [0.1, 0.15) is 51.3 Å². The van der Waals surface area contributed by atoms with Gasteiger partial charge in [0.2, 0.25) is 0 Å². The van der Waals surface area contributed by atoms with Gasteiger partial charge in [-0.2, -0.15) is 5.10 Å². The van der Waals surface area contributed by atoms with Crippen LogP contribution in [0.5, 0.6) is 0 Å². The summed E-state index contributed by atoms with van der Waals surface area (Å²) in [6.07, 6.45) is 3.15. The van der Waals surface area contributed by atoms with E-state index in [0.29, 0.717) is 5.92 Å². The Balaban J connectivity index is 2.85. The fourth-order valence-corrected chi connectivity index (χ4v) is 1.89. The van der Waals surface area contributed by atoms with Crippen molar-refractivity contribution in [1.29, 1.82) is 0 Å². The van der Waals surface area contributed by atoms with Gasteiger partial charge in [0.05, 0.1) is 6.20 Å². The highest BCUT2D eigenvalue weighted by molar-refractivity contribution is 5.20. The zero-order valence-electron chi connectivity index (χ0n) is 10.4. The second-order valence-corrected chi connectivity index (χ2v) is 4.21. The molecule has 1 rings (SSSR count). The molecule has 0 spiro atoms. The van der Waals surface area contributed by atoms with Crippen molar-refractivity contribution in [3.63, 3.8) is 0 Å². The van der Waals surface area contributed by atoms with Gasteiger partial charge in [-0.3, -0.25) is 4.68 Å². The lowest BCUT2D eigenvalue weighted by Gasteiger charge is -2.12.